The molecule has 1 aromatic carbocycles. The monoisotopic (exact) mass is 275 g/mol. The van der Waals surface area contributed by atoms with E-state index in [4.69, 9.17) is 9.47 Å². The molecule has 5 nitrogen and oxygen atoms in total. The molecular formula is C15H21N3O2. The fourth-order valence-electron chi connectivity index (χ4n) is 1.92. The Kier molecular flexibility index (Phi) is 5.15. The molecule has 108 valence electrons. The molecule has 2 aromatic rings. The van der Waals surface area contributed by atoms with E-state index in [9.17, 15) is 0 Å². The lowest BCUT2D eigenvalue weighted by Gasteiger charge is -2.10. The topological polar surface area (TPSA) is 48.3 Å². The lowest BCUT2D eigenvalue weighted by molar-refractivity contribution is 0.199. The van der Waals surface area contributed by atoms with Gasteiger partial charge in [-0.3, -0.25) is 4.68 Å². The van der Waals surface area contributed by atoms with Crippen LogP contribution in [0.15, 0.2) is 30.6 Å². The smallest absolute Gasteiger partial charge is 0.165 e. The molecule has 1 N–H and O–H groups in total. The third-order valence-corrected chi connectivity index (χ3v) is 3.03. The van der Waals surface area contributed by atoms with Crippen molar-refractivity contribution in [2.75, 3.05) is 20.3 Å². The van der Waals surface area contributed by atoms with Crippen LogP contribution in [-0.4, -0.2) is 30.0 Å². The van der Waals surface area contributed by atoms with E-state index in [0.717, 1.165) is 31.2 Å². The van der Waals surface area contributed by atoms with Crippen LogP contribution in [0.25, 0.3) is 0 Å². The zero-order valence-electron chi connectivity index (χ0n) is 12.2. The van der Waals surface area contributed by atoms with E-state index in [1.54, 1.807) is 18.0 Å². The number of nitrogens with one attached hydrogen (secondary N) is 1. The van der Waals surface area contributed by atoms with Crippen molar-refractivity contribution in [3.05, 3.63) is 41.7 Å². The minimum absolute atomic E-state index is 0.723. The van der Waals surface area contributed by atoms with Crippen LogP contribution in [0, 0.1) is 6.92 Å². The first-order valence-corrected chi connectivity index (χ1v) is 6.64. The molecule has 0 atom stereocenters. The van der Waals surface area contributed by atoms with Gasteiger partial charge in [-0.2, -0.15) is 5.10 Å². The van der Waals surface area contributed by atoms with E-state index in [0.29, 0.717) is 0 Å². The summed E-state index contributed by atoms with van der Waals surface area (Å²) in [7, 11) is 3.57. The second-order valence-corrected chi connectivity index (χ2v) is 4.71. The maximum atomic E-state index is 5.75. The van der Waals surface area contributed by atoms with Crippen LogP contribution in [0.4, 0.5) is 0 Å². The van der Waals surface area contributed by atoms with Crippen LogP contribution in [0.5, 0.6) is 11.5 Å². The van der Waals surface area contributed by atoms with E-state index >= 15 is 0 Å². The Morgan fingerprint density at radius 1 is 1.30 bits per heavy atom. The highest BCUT2D eigenvalue weighted by Gasteiger charge is 2.03. The van der Waals surface area contributed by atoms with Crippen molar-refractivity contribution in [3.63, 3.8) is 0 Å². The lowest BCUT2D eigenvalue weighted by Crippen LogP contribution is -2.19. The molecule has 5 heteroatoms. The molecule has 0 radical (unpaired) electrons. The van der Waals surface area contributed by atoms with Crippen LogP contribution in [0.1, 0.15) is 11.1 Å². The molecule has 2 rings (SSSR count). The Hall–Kier alpha value is -1.85. The quantitative estimate of drug-likeness (QED) is 0.787. The van der Waals surface area contributed by atoms with Gasteiger partial charge in [0.25, 0.3) is 0 Å². The zero-order chi connectivity index (χ0) is 14.4. The molecule has 0 saturated heterocycles. The van der Waals surface area contributed by atoms with Crippen LogP contribution in [-0.2, 0) is 18.3 Å². The first kappa shape index (κ1) is 14.6. The van der Waals surface area contributed by atoms with Crippen molar-refractivity contribution < 1.29 is 9.47 Å². The van der Waals surface area contributed by atoms with Gasteiger partial charge in [0, 0.05) is 27.2 Å². The van der Waals surface area contributed by atoms with Crippen molar-refractivity contribution in [2.45, 2.75) is 13.5 Å². The summed E-state index contributed by atoms with van der Waals surface area (Å²) >= 11 is 0. The number of ether oxygens (including phenoxy) is 2. The first-order valence-electron chi connectivity index (χ1n) is 6.64. The van der Waals surface area contributed by atoms with Gasteiger partial charge in [0.1, 0.15) is 5.75 Å². The SMILES string of the molecule is COCCNCc1ccc(Oc2cnn(C)c2)cc1C. The van der Waals surface area contributed by atoms with Crippen LogP contribution in [0.2, 0.25) is 0 Å². The van der Waals surface area contributed by atoms with Gasteiger partial charge in [-0.05, 0) is 30.2 Å². The maximum Gasteiger partial charge on any atom is 0.165 e. The van der Waals surface area contributed by atoms with E-state index < -0.39 is 0 Å². The van der Waals surface area contributed by atoms with E-state index in [1.165, 1.54) is 11.1 Å². The number of hydrogen-bond donors (Lipinski definition) is 1. The van der Waals surface area contributed by atoms with Gasteiger partial charge >= 0.3 is 0 Å². The number of aromatic nitrogens is 2. The molecule has 0 aliphatic carbocycles. The standard InChI is InChI=1S/C15H21N3O2/c1-12-8-14(20-15-10-17-18(2)11-15)5-4-13(12)9-16-6-7-19-3/h4-5,8,10-11,16H,6-7,9H2,1-3H3. The van der Waals surface area contributed by atoms with Gasteiger partial charge in [-0.1, -0.05) is 6.07 Å². The molecule has 0 unspecified atom stereocenters. The molecule has 0 aliphatic heterocycles. The molecule has 0 fully saturated rings. The Balaban J connectivity index is 1.94. The summed E-state index contributed by atoms with van der Waals surface area (Å²) in [4.78, 5) is 0. The maximum absolute atomic E-state index is 5.75. The highest BCUT2D eigenvalue weighted by atomic mass is 16.5. The molecule has 0 spiro atoms. The fraction of sp³-hybridized carbons (Fsp3) is 0.400. The number of benzene rings is 1. The number of nitrogens with zero attached hydrogens (tertiary/aromatic N) is 2. The summed E-state index contributed by atoms with van der Waals surface area (Å²) in [6.45, 7) is 4.50. The fourth-order valence-corrected chi connectivity index (χ4v) is 1.92. The summed E-state index contributed by atoms with van der Waals surface area (Å²) in [6.07, 6.45) is 3.55. The summed E-state index contributed by atoms with van der Waals surface area (Å²) in [5.41, 5.74) is 2.47. The van der Waals surface area contributed by atoms with Crippen molar-refractivity contribution >= 4 is 0 Å². The van der Waals surface area contributed by atoms with Crippen molar-refractivity contribution in [1.29, 1.82) is 0 Å². The van der Waals surface area contributed by atoms with Gasteiger partial charge in [0.2, 0.25) is 0 Å². The second kappa shape index (κ2) is 7.07. The molecule has 0 saturated carbocycles. The molecule has 1 aromatic heterocycles. The third kappa shape index (κ3) is 4.08. The Morgan fingerprint density at radius 2 is 2.15 bits per heavy atom. The highest BCUT2D eigenvalue weighted by Crippen LogP contribution is 2.23. The summed E-state index contributed by atoms with van der Waals surface area (Å²) in [5, 5.41) is 7.42. The van der Waals surface area contributed by atoms with E-state index in [2.05, 4.69) is 23.4 Å². The Labute approximate surface area is 119 Å². The average Bonchev–Trinajstić information content (AvgIpc) is 2.82. The van der Waals surface area contributed by atoms with Crippen molar-refractivity contribution in [3.8, 4) is 11.5 Å². The zero-order valence-corrected chi connectivity index (χ0v) is 12.2. The van der Waals surface area contributed by atoms with Gasteiger partial charge < -0.3 is 14.8 Å². The largest absolute Gasteiger partial charge is 0.454 e. The normalized spacial score (nSPS) is 10.8. The molecular weight excluding hydrogens is 254 g/mol. The minimum Gasteiger partial charge on any atom is -0.454 e. The van der Waals surface area contributed by atoms with Gasteiger partial charge in [-0.25, -0.2) is 0 Å². The molecule has 0 amide bonds. The lowest BCUT2D eigenvalue weighted by atomic mass is 10.1. The summed E-state index contributed by atoms with van der Waals surface area (Å²) in [6, 6.07) is 6.11. The van der Waals surface area contributed by atoms with Gasteiger partial charge in [-0.15, -0.1) is 0 Å². The second-order valence-electron chi connectivity index (χ2n) is 4.71. The molecule has 1 heterocycles. The first-order chi connectivity index (χ1) is 9.69. The molecule has 0 aliphatic rings. The number of hydrogen-bond acceptors (Lipinski definition) is 4. The summed E-state index contributed by atoms with van der Waals surface area (Å²) in [5.74, 6) is 1.58. The molecule has 20 heavy (non-hydrogen) atoms. The Morgan fingerprint density at radius 3 is 2.80 bits per heavy atom. The number of methoxy groups -OCH3 is 1. The van der Waals surface area contributed by atoms with E-state index in [1.807, 2.05) is 25.4 Å². The summed E-state index contributed by atoms with van der Waals surface area (Å²) < 4.78 is 12.5. The average molecular weight is 275 g/mol. The predicted octanol–water partition coefficient (Wildman–Crippen LogP) is 2.26. The number of rotatable bonds is 7. The number of aryl methyl sites for hydroxylation is 2. The van der Waals surface area contributed by atoms with Gasteiger partial charge in [0.15, 0.2) is 5.75 Å². The van der Waals surface area contributed by atoms with Gasteiger partial charge in [0.05, 0.1) is 19.0 Å². The van der Waals surface area contributed by atoms with Crippen LogP contribution < -0.4 is 10.1 Å². The van der Waals surface area contributed by atoms with Crippen molar-refractivity contribution in [1.82, 2.24) is 15.1 Å². The molecule has 0 bridgehead atoms. The minimum atomic E-state index is 0.723. The third-order valence-electron chi connectivity index (χ3n) is 3.03. The highest BCUT2D eigenvalue weighted by molar-refractivity contribution is 5.37. The van der Waals surface area contributed by atoms with Crippen LogP contribution >= 0.6 is 0 Å². The predicted molar refractivity (Wildman–Crippen MR) is 78.0 cm³/mol. The Bertz CT molecular complexity index is 552. The van der Waals surface area contributed by atoms with Crippen LogP contribution in [0.3, 0.4) is 0 Å². The van der Waals surface area contributed by atoms with Crippen molar-refractivity contribution in [2.24, 2.45) is 7.05 Å². The van der Waals surface area contributed by atoms with E-state index in [-0.39, 0.29) is 0 Å².